The number of carbonyl (C=O) groups excluding carboxylic acids is 2. The molecule has 0 fully saturated rings. The molecule has 0 radical (unpaired) electrons. The number of ether oxygens (including phenoxy) is 1. The number of amides is 2. The topological polar surface area (TPSA) is 58.6 Å². The summed E-state index contributed by atoms with van der Waals surface area (Å²) in [5.74, 6) is 0.547. The molecule has 202 valence electrons. The second-order valence-electron chi connectivity index (χ2n) is 9.80. The summed E-state index contributed by atoms with van der Waals surface area (Å²) in [5.41, 5.74) is 3.09. The van der Waals surface area contributed by atoms with Crippen molar-refractivity contribution >= 4 is 43.7 Å². The Morgan fingerprint density at radius 3 is 2.21 bits per heavy atom. The van der Waals surface area contributed by atoms with Gasteiger partial charge in [-0.2, -0.15) is 0 Å². The molecule has 2 atom stereocenters. The molecule has 38 heavy (non-hydrogen) atoms. The van der Waals surface area contributed by atoms with Gasteiger partial charge >= 0.3 is 0 Å². The number of carbonyl (C=O) groups is 2. The Morgan fingerprint density at radius 1 is 0.921 bits per heavy atom. The lowest BCUT2D eigenvalue weighted by molar-refractivity contribution is -0.143. The van der Waals surface area contributed by atoms with Crippen molar-refractivity contribution < 1.29 is 14.3 Å². The molecule has 3 aromatic carbocycles. The van der Waals surface area contributed by atoms with Crippen LogP contribution in [0.1, 0.15) is 56.7 Å². The molecule has 0 bridgehead atoms. The third kappa shape index (κ3) is 8.70. The molecule has 0 aromatic heterocycles. The van der Waals surface area contributed by atoms with Gasteiger partial charge in [0, 0.05) is 23.5 Å². The van der Waals surface area contributed by atoms with Gasteiger partial charge in [-0.25, -0.2) is 0 Å². The number of nitrogens with one attached hydrogen (secondary N) is 1. The molecule has 0 aliphatic heterocycles. The van der Waals surface area contributed by atoms with Crippen LogP contribution >= 0.6 is 31.9 Å². The van der Waals surface area contributed by atoms with Crippen LogP contribution in [-0.4, -0.2) is 35.4 Å². The van der Waals surface area contributed by atoms with Crippen molar-refractivity contribution in [3.05, 3.63) is 98.4 Å². The first-order valence-corrected chi connectivity index (χ1v) is 14.6. The zero-order valence-corrected chi connectivity index (χ0v) is 25.6. The highest BCUT2D eigenvalue weighted by atomic mass is 79.9. The Kier molecular flexibility index (Phi) is 11.4. The van der Waals surface area contributed by atoms with Crippen LogP contribution in [0, 0.1) is 0 Å². The number of benzene rings is 3. The summed E-state index contributed by atoms with van der Waals surface area (Å²) in [5, 5.41) is 3.09. The number of hydrogen-bond donors (Lipinski definition) is 1. The van der Waals surface area contributed by atoms with E-state index in [1.807, 2.05) is 86.6 Å². The van der Waals surface area contributed by atoms with Crippen LogP contribution in [0.5, 0.6) is 5.75 Å². The minimum Gasteiger partial charge on any atom is -0.483 e. The molecule has 2 amide bonds. The van der Waals surface area contributed by atoms with Gasteiger partial charge < -0.3 is 15.0 Å². The fourth-order valence-electron chi connectivity index (χ4n) is 4.00. The maximum atomic E-state index is 13.8. The smallest absolute Gasteiger partial charge is 0.261 e. The summed E-state index contributed by atoms with van der Waals surface area (Å²) >= 11 is 7.05. The number of hydrogen-bond acceptors (Lipinski definition) is 3. The molecule has 0 heterocycles. The summed E-state index contributed by atoms with van der Waals surface area (Å²) in [6.45, 7) is 8.36. The molecule has 3 aromatic rings. The van der Waals surface area contributed by atoms with Crippen LogP contribution < -0.4 is 10.1 Å². The summed E-state index contributed by atoms with van der Waals surface area (Å²) in [4.78, 5) is 29.0. The maximum absolute atomic E-state index is 13.8. The van der Waals surface area contributed by atoms with Gasteiger partial charge in [0.2, 0.25) is 5.91 Å². The highest BCUT2D eigenvalue weighted by molar-refractivity contribution is 9.10. The average Bonchev–Trinajstić information content (AvgIpc) is 2.91. The summed E-state index contributed by atoms with van der Waals surface area (Å²) in [6, 6.07) is 22.8. The van der Waals surface area contributed by atoms with Crippen molar-refractivity contribution in [2.24, 2.45) is 0 Å². The SMILES string of the molecule is CC[C@@H](C)NC(=O)[C@@H](Cc1ccccc1)N(Cc1ccc(Br)cc1)C(=O)COc1ccc(C(C)C)cc1Br. The maximum Gasteiger partial charge on any atom is 0.261 e. The number of halogens is 2. The van der Waals surface area contributed by atoms with E-state index in [1.165, 1.54) is 5.56 Å². The van der Waals surface area contributed by atoms with Gasteiger partial charge in [0.25, 0.3) is 5.91 Å². The Bertz CT molecular complexity index is 1200. The Balaban J connectivity index is 1.91. The van der Waals surface area contributed by atoms with E-state index in [4.69, 9.17) is 4.74 Å². The van der Waals surface area contributed by atoms with Crippen LogP contribution in [0.15, 0.2) is 81.7 Å². The summed E-state index contributed by atoms with van der Waals surface area (Å²) in [6.07, 6.45) is 1.20. The largest absolute Gasteiger partial charge is 0.483 e. The number of nitrogens with zero attached hydrogens (tertiary/aromatic N) is 1. The number of rotatable bonds is 12. The molecule has 3 rings (SSSR count). The molecule has 0 aliphatic carbocycles. The average molecular weight is 644 g/mol. The molecular formula is C31H36Br2N2O3. The second-order valence-corrected chi connectivity index (χ2v) is 11.6. The van der Waals surface area contributed by atoms with Crippen LogP contribution in [-0.2, 0) is 22.6 Å². The highest BCUT2D eigenvalue weighted by Gasteiger charge is 2.31. The van der Waals surface area contributed by atoms with E-state index in [0.29, 0.717) is 18.1 Å². The van der Waals surface area contributed by atoms with Crippen LogP contribution in [0.3, 0.4) is 0 Å². The molecule has 5 nitrogen and oxygen atoms in total. The van der Waals surface area contributed by atoms with Gasteiger partial charge in [-0.05, 0) is 76.1 Å². The van der Waals surface area contributed by atoms with E-state index in [2.05, 4.69) is 51.0 Å². The lowest BCUT2D eigenvalue weighted by atomic mass is 10.0. The van der Waals surface area contributed by atoms with E-state index in [1.54, 1.807) is 4.90 Å². The zero-order valence-electron chi connectivity index (χ0n) is 22.4. The van der Waals surface area contributed by atoms with Gasteiger partial charge in [-0.15, -0.1) is 0 Å². The van der Waals surface area contributed by atoms with Crippen molar-refractivity contribution in [3.63, 3.8) is 0 Å². The van der Waals surface area contributed by atoms with Gasteiger partial charge in [0.15, 0.2) is 6.61 Å². The molecule has 0 aliphatic rings. The Labute approximate surface area is 243 Å². The molecule has 7 heteroatoms. The predicted molar refractivity (Wildman–Crippen MR) is 160 cm³/mol. The standard InChI is InChI=1S/C31H36Br2N2O3/c1-5-22(4)34-31(37)28(17-23-9-7-6-8-10-23)35(19-24-11-14-26(32)15-12-24)30(36)20-38-29-16-13-25(21(2)3)18-27(29)33/h6-16,18,21-22,28H,5,17,19-20H2,1-4H3,(H,34,37)/t22-,28-/m1/s1. The highest BCUT2D eigenvalue weighted by Crippen LogP contribution is 2.29. The first-order valence-electron chi connectivity index (χ1n) is 13.0. The summed E-state index contributed by atoms with van der Waals surface area (Å²) < 4.78 is 7.73. The fourth-order valence-corrected chi connectivity index (χ4v) is 4.77. The van der Waals surface area contributed by atoms with Crippen molar-refractivity contribution in [1.82, 2.24) is 10.2 Å². The summed E-state index contributed by atoms with van der Waals surface area (Å²) in [7, 11) is 0. The molecule has 1 N–H and O–H groups in total. The van der Waals surface area contributed by atoms with E-state index in [9.17, 15) is 9.59 Å². The minimum atomic E-state index is -0.696. The van der Waals surface area contributed by atoms with Gasteiger partial charge in [0.05, 0.1) is 4.47 Å². The van der Waals surface area contributed by atoms with E-state index >= 15 is 0 Å². The predicted octanol–water partition coefficient (Wildman–Crippen LogP) is 7.27. The van der Waals surface area contributed by atoms with Gasteiger partial charge in [0.1, 0.15) is 11.8 Å². The lowest BCUT2D eigenvalue weighted by Gasteiger charge is -2.32. The Hall–Kier alpha value is -2.64. The molecule has 0 saturated heterocycles. The van der Waals surface area contributed by atoms with E-state index in [-0.39, 0.29) is 31.0 Å². The quantitative estimate of drug-likeness (QED) is 0.226. The first kappa shape index (κ1) is 29.9. The van der Waals surface area contributed by atoms with Crippen molar-refractivity contribution in [3.8, 4) is 5.75 Å². The van der Waals surface area contributed by atoms with Crippen molar-refractivity contribution in [2.75, 3.05) is 6.61 Å². The van der Waals surface area contributed by atoms with Crippen LogP contribution in [0.25, 0.3) is 0 Å². The molecule has 0 spiro atoms. The zero-order chi connectivity index (χ0) is 27.7. The molecule has 0 saturated carbocycles. The van der Waals surface area contributed by atoms with Crippen LogP contribution in [0.4, 0.5) is 0 Å². The molecule has 0 unspecified atom stereocenters. The van der Waals surface area contributed by atoms with Crippen molar-refractivity contribution in [2.45, 2.75) is 65.1 Å². The van der Waals surface area contributed by atoms with E-state index < -0.39 is 6.04 Å². The Morgan fingerprint density at radius 2 is 1.61 bits per heavy atom. The normalized spacial score (nSPS) is 12.6. The van der Waals surface area contributed by atoms with E-state index in [0.717, 1.165) is 26.5 Å². The third-order valence-corrected chi connectivity index (χ3v) is 7.66. The second kappa shape index (κ2) is 14.5. The van der Waals surface area contributed by atoms with Crippen molar-refractivity contribution in [1.29, 1.82) is 0 Å². The monoisotopic (exact) mass is 642 g/mol. The third-order valence-electron chi connectivity index (χ3n) is 6.51. The lowest BCUT2D eigenvalue weighted by Crippen LogP contribution is -2.53. The first-order chi connectivity index (χ1) is 18.2. The van der Waals surface area contributed by atoms with Gasteiger partial charge in [-0.1, -0.05) is 85.2 Å². The minimum absolute atomic E-state index is 0.00270. The molecular weight excluding hydrogens is 608 g/mol. The fraction of sp³-hybridized carbons (Fsp3) is 0.355. The van der Waals surface area contributed by atoms with Crippen LogP contribution in [0.2, 0.25) is 0 Å². The van der Waals surface area contributed by atoms with Gasteiger partial charge in [-0.3, -0.25) is 9.59 Å².